The monoisotopic (exact) mass is 579 g/mol. The Kier molecular flexibility index (Phi) is 10.7. The van der Waals surface area contributed by atoms with Gasteiger partial charge in [-0.05, 0) is 48.4 Å². The minimum Gasteiger partial charge on any atom is -0.439 e. The molecule has 0 aromatic heterocycles. The number of hydrogen-bond donors (Lipinski definition) is 4. The zero-order valence-corrected chi connectivity index (χ0v) is 23.1. The average molecular weight is 580 g/mol. The number of amides is 3. The SMILES string of the molecule is CCc1cccc(NC(=O)O[C@H]2[C@H](OC(=O)Nc3ccccc3)[C@H](OC(=O)Nc3ccccc3)[C@@H](OC)O[C@@H]2CO)c1. The Labute approximate surface area is 242 Å². The first-order valence-electron chi connectivity index (χ1n) is 13.3. The molecule has 0 spiro atoms. The molecular formula is C30H33N3O9. The number of methoxy groups -OCH3 is 1. The normalized spacial score (nSPS) is 21.5. The summed E-state index contributed by atoms with van der Waals surface area (Å²) in [7, 11) is 1.29. The molecule has 0 saturated carbocycles. The van der Waals surface area contributed by atoms with Gasteiger partial charge in [-0.25, -0.2) is 14.4 Å². The van der Waals surface area contributed by atoms with Crippen molar-refractivity contribution in [3.05, 3.63) is 90.5 Å². The van der Waals surface area contributed by atoms with Crippen LogP contribution in [0.2, 0.25) is 0 Å². The molecule has 0 radical (unpaired) electrons. The van der Waals surface area contributed by atoms with Crippen molar-refractivity contribution in [2.75, 3.05) is 29.7 Å². The maximum Gasteiger partial charge on any atom is 0.412 e. The Hall–Kier alpha value is -4.65. The minimum atomic E-state index is -1.46. The molecule has 5 atom stereocenters. The van der Waals surface area contributed by atoms with E-state index in [0.29, 0.717) is 17.1 Å². The molecule has 1 saturated heterocycles. The zero-order valence-electron chi connectivity index (χ0n) is 23.1. The topological polar surface area (TPSA) is 154 Å². The first-order valence-corrected chi connectivity index (χ1v) is 13.3. The van der Waals surface area contributed by atoms with Crippen LogP contribution in [-0.2, 0) is 30.1 Å². The number of para-hydroxylation sites is 2. The Morgan fingerprint density at radius 3 is 1.74 bits per heavy atom. The van der Waals surface area contributed by atoms with E-state index in [9.17, 15) is 19.5 Å². The van der Waals surface area contributed by atoms with Gasteiger partial charge in [0.25, 0.3) is 0 Å². The summed E-state index contributed by atoms with van der Waals surface area (Å²) in [6, 6.07) is 24.2. The lowest BCUT2D eigenvalue weighted by Crippen LogP contribution is -2.63. The molecule has 1 heterocycles. The largest absolute Gasteiger partial charge is 0.439 e. The van der Waals surface area contributed by atoms with Crippen LogP contribution in [0.4, 0.5) is 31.4 Å². The number of anilines is 3. The van der Waals surface area contributed by atoms with Gasteiger partial charge < -0.3 is 28.8 Å². The van der Waals surface area contributed by atoms with Crippen LogP contribution in [0.15, 0.2) is 84.9 Å². The van der Waals surface area contributed by atoms with Crippen LogP contribution in [0.3, 0.4) is 0 Å². The van der Waals surface area contributed by atoms with E-state index in [-0.39, 0.29) is 0 Å². The van der Waals surface area contributed by atoms with Gasteiger partial charge in [-0.15, -0.1) is 0 Å². The molecule has 3 amide bonds. The van der Waals surface area contributed by atoms with Crippen LogP contribution in [0.25, 0.3) is 0 Å². The minimum absolute atomic E-state index is 0.432. The number of benzene rings is 3. The molecule has 3 aromatic carbocycles. The first-order chi connectivity index (χ1) is 20.4. The Morgan fingerprint density at radius 2 is 1.21 bits per heavy atom. The van der Waals surface area contributed by atoms with E-state index in [1.54, 1.807) is 78.9 Å². The fraction of sp³-hybridized carbons (Fsp3) is 0.300. The number of aliphatic hydroxyl groups is 1. The fourth-order valence-electron chi connectivity index (χ4n) is 4.34. The molecule has 0 unspecified atom stereocenters. The van der Waals surface area contributed by atoms with Gasteiger partial charge in [0.05, 0.1) is 6.61 Å². The van der Waals surface area contributed by atoms with E-state index in [4.69, 9.17) is 23.7 Å². The van der Waals surface area contributed by atoms with E-state index in [2.05, 4.69) is 16.0 Å². The third-order valence-electron chi connectivity index (χ3n) is 6.35. The smallest absolute Gasteiger partial charge is 0.412 e. The number of ether oxygens (including phenoxy) is 5. The third kappa shape index (κ3) is 8.19. The van der Waals surface area contributed by atoms with E-state index in [1.165, 1.54) is 7.11 Å². The van der Waals surface area contributed by atoms with E-state index >= 15 is 0 Å². The lowest BCUT2D eigenvalue weighted by atomic mass is 9.98. The van der Waals surface area contributed by atoms with Gasteiger partial charge in [-0.2, -0.15) is 0 Å². The summed E-state index contributed by atoms with van der Waals surface area (Å²) in [5, 5.41) is 17.9. The summed E-state index contributed by atoms with van der Waals surface area (Å²) in [5.74, 6) is 0. The maximum atomic E-state index is 13.0. The van der Waals surface area contributed by atoms with Crippen molar-refractivity contribution in [3.63, 3.8) is 0 Å². The van der Waals surface area contributed by atoms with E-state index in [0.717, 1.165) is 12.0 Å². The van der Waals surface area contributed by atoms with E-state index in [1.807, 2.05) is 13.0 Å². The summed E-state index contributed by atoms with van der Waals surface area (Å²) < 4.78 is 28.1. The van der Waals surface area contributed by atoms with Gasteiger partial charge in [0.15, 0.2) is 24.6 Å². The lowest BCUT2D eigenvalue weighted by Gasteiger charge is -2.43. The molecule has 1 fully saturated rings. The second kappa shape index (κ2) is 14.8. The summed E-state index contributed by atoms with van der Waals surface area (Å²) >= 11 is 0. The standard InChI is InChI=1S/C30H33N3O9/c1-3-19-11-10-16-22(17-19)33-30(37)40-24-23(18-34)39-27(38-2)26(42-29(36)32-21-14-8-5-9-15-21)25(24)41-28(35)31-20-12-6-4-7-13-20/h4-17,23-27,34H,3,18H2,1-2H3,(H,31,35)(H,32,36)(H,33,37)/t23-,24-,25+,26+,27+/m1/s1. The number of hydrogen-bond acceptors (Lipinski definition) is 9. The highest BCUT2D eigenvalue weighted by atomic mass is 16.7. The summed E-state index contributed by atoms with van der Waals surface area (Å²) in [6.07, 6.45) is -8.76. The summed E-state index contributed by atoms with van der Waals surface area (Å²) in [6.45, 7) is 1.34. The highest BCUT2D eigenvalue weighted by molar-refractivity contribution is 5.86. The molecule has 1 aliphatic rings. The third-order valence-corrected chi connectivity index (χ3v) is 6.35. The average Bonchev–Trinajstić information content (AvgIpc) is 2.99. The molecule has 1 aliphatic heterocycles. The maximum absolute atomic E-state index is 13.0. The molecular weight excluding hydrogens is 546 g/mol. The molecule has 0 aliphatic carbocycles. The van der Waals surface area contributed by atoms with Crippen molar-refractivity contribution in [3.8, 4) is 0 Å². The number of nitrogens with one attached hydrogen (secondary N) is 3. The zero-order chi connectivity index (χ0) is 29.9. The Balaban J connectivity index is 1.59. The summed E-state index contributed by atoms with van der Waals surface area (Å²) in [5.41, 5.74) is 2.34. The van der Waals surface area contributed by atoms with Crippen LogP contribution >= 0.6 is 0 Å². The second-order valence-electron chi connectivity index (χ2n) is 9.23. The second-order valence-corrected chi connectivity index (χ2v) is 9.23. The highest BCUT2D eigenvalue weighted by Gasteiger charge is 2.52. The predicted molar refractivity (Wildman–Crippen MR) is 153 cm³/mol. The van der Waals surface area contributed by atoms with Crippen molar-refractivity contribution in [2.24, 2.45) is 0 Å². The first kappa shape index (κ1) is 30.3. The van der Waals surface area contributed by atoms with Gasteiger partial charge in [-0.1, -0.05) is 55.5 Å². The number of aryl methyl sites for hydroxylation is 1. The predicted octanol–water partition coefficient (Wildman–Crippen LogP) is 4.76. The molecule has 4 rings (SSSR count). The molecule has 12 nitrogen and oxygen atoms in total. The number of aliphatic hydroxyl groups excluding tert-OH is 1. The van der Waals surface area contributed by atoms with Crippen molar-refractivity contribution in [1.82, 2.24) is 0 Å². The van der Waals surface area contributed by atoms with Crippen molar-refractivity contribution in [2.45, 2.75) is 44.1 Å². The van der Waals surface area contributed by atoms with Gasteiger partial charge in [-0.3, -0.25) is 16.0 Å². The molecule has 0 bridgehead atoms. The molecule has 12 heteroatoms. The van der Waals surface area contributed by atoms with E-state index < -0.39 is 55.6 Å². The van der Waals surface area contributed by atoms with Gasteiger partial charge in [0.1, 0.15) is 6.10 Å². The fourth-order valence-corrected chi connectivity index (χ4v) is 4.34. The number of rotatable bonds is 9. The number of carbonyl (C=O) groups excluding carboxylic acids is 3. The van der Waals surface area contributed by atoms with Crippen LogP contribution in [-0.4, -0.2) is 67.8 Å². The van der Waals surface area contributed by atoms with Crippen LogP contribution in [0.1, 0.15) is 12.5 Å². The summed E-state index contributed by atoms with van der Waals surface area (Å²) in [4.78, 5) is 38.9. The lowest BCUT2D eigenvalue weighted by molar-refractivity contribution is -0.290. The van der Waals surface area contributed by atoms with Crippen LogP contribution < -0.4 is 16.0 Å². The quantitative estimate of drug-likeness (QED) is 0.263. The van der Waals surface area contributed by atoms with Gasteiger partial charge in [0.2, 0.25) is 0 Å². The molecule has 42 heavy (non-hydrogen) atoms. The van der Waals surface area contributed by atoms with Gasteiger partial charge in [0, 0.05) is 24.2 Å². The Bertz CT molecular complexity index is 1330. The number of carbonyl (C=O) groups is 3. The molecule has 222 valence electrons. The van der Waals surface area contributed by atoms with Gasteiger partial charge >= 0.3 is 18.3 Å². The van der Waals surface area contributed by atoms with Crippen molar-refractivity contribution < 1.29 is 43.2 Å². The van der Waals surface area contributed by atoms with Crippen molar-refractivity contribution in [1.29, 1.82) is 0 Å². The molecule has 4 N–H and O–H groups in total. The molecule has 3 aromatic rings. The van der Waals surface area contributed by atoms with Crippen LogP contribution in [0, 0.1) is 0 Å². The van der Waals surface area contributed by atoms with Crippen LogP contribution in [0.5, 0.6) is 0 Å². The highest BCUT2D eigenvalue weighted by Crippen LogP contribution is 2.30. The Morgan fingerprint density at radius 1 is 0.714 bits per heavy atom. The van der Waals surface area contributed by atoms with Crippen molar-refractivity contribution >= 4 is 35.3 Å².